The second-order valence-corrected chi connectivity index (χ2v) is 4.10. The van der Waals surface area contributed by atoms with Crippen LogP contribution in [-0.4, -0.2) is 32.0 Å². The highest BCUT2D eigenvalue weighted by atomic mass is 16.6. The van der Waals surface area contributed by atoms with Gasteiger partial charge in [-0.15, -0.1) is 0 Å². The predicted molar refractivity (Wildman–Crippen MR) is 65.6 cm³/mol. The first-order chi connectivity index (χ1) is 8.69. The van der Waals surface area contributed by atoms with Crippen molar-refractivity contribution in [2.24, 2.45) is 0 Å². The Kier molecular flexibility index (Phi) is 4.04. The number of benzene rings is 1. The molecule has 0 bridgehead atoms. The van der Waals surface area contributed by atoms with Crippen LogP contribution in [0.15, 0.2) is 24.3 Å². The molecule has 1 aromatic rings. The number of esters is 1. The Morgan fingerprint density at radius 1 is 1.28 bits per heavy atom. The van der Waals surface area contributed by atoms with E-state index in [-0.39, 0.29) is 18.3 Å². The molecule has 1 heterocycles. The zero-order valence-electron chi connectivity index (χ0n) is 10.5. The largest absolute Gasteiger partial charge is 0.497 e. The summed E-state index contributed by atoms with van der Waals surface area (Å²) in [4.78, 5) is 11.0. The third-order valence-electron chi connectivity index (χ3n) is 2.75. The van der Waals surface area contributed by atoms with Crippen LogP contribution in [0.5, 0.6) is 11.5 Å². The van der Waals surface area contributed by atoms with Gasteiger partial charge in [0.25, 0.3) is 0 Å². The summed E-state index contributed by atoms with van der Waals surface area (Å²) in [6, 6.07) is 7.30. The second kappa shape index (κ2) is 5.73. The highest BCUT2D eigenvalue weighted by Crippen LogP contribution is 2.21. The molecule has 1 N–H and O–H groups in total. The van der Waals surface area contributed by atoms with Crippen molar-refractivity contribution in [1.82, 2.24) is 5.32 Å². The van der Waals surface area contributed by atoms with E-state index in [2.05, 4.69) is 5.32 Å². The number of carbonyl (C=O) groups excluding carboxylic acids is 1. The van der Waals surface area contributed by atoms with Crippen LogP contribution in [0.4, 0.5) is 0 Å². The standard InChI is InChI=1S/C13H17NO4/c1-9(15)17-12-7-8-14-13(12)18-11-5-3-10(16-2)4-6-11/h3-6,12-14H,7-8H2,1-2H3. The normalized spacial score (nSPS) is 22.6. The van der Waals surface area contributed by atoms with Crippen molar-refractivity contribution >= 4 is 5.97 Å². The minimum atomic E-state index is -0.290. The Morgan fingerprint density at radius 2 is 1.94 bits per heavy atom. The molecule has 0 radical (unpaired) electrons. The van der Waals surface area contributed by atoms with E-state index < -0.39 is 0 Å². The second-order valence-electron chi connectivity index (χ2n) is 4.10. The lowest BCUT2D eigenvalue weighted by molar-refractivity contribution is -0.150. The number of rotatable bonds is 4. The van der Waals surface area contributed by atoms with E-state index in [1.165, 1.54) is 6.92 Å². The molecule has 1 aliphatic rings. The fourth-order valence-corrected chi connectivity index (χ4v) is 1.90. The van der Waals surface area contributed by atoms with Crippen LogP contribution in [0.2, 0.25) is 0 Å². The van der Waals surface area contributed by atoms with Gasteiger partial charge in [-0.2, -0.15) is 0 Å². The van der Waals surface area contributed by atoms with Gasteiger partial charge in [0, 0.05) is 19.9 Å². The SMILES string of the molecule is COc1ccc(OC2NCCC2OC(C)=O)cc1. The zero-order valence-corrected chi connectivity index (χ0v) is 10.5. The van der Waals surface area contributed by atoms with E-state index in [4.69, 9.17) is 14.2 Å². The van der Waals surface area contributed by atoms with Crippen molar-refractivity contribution < 1.29 is 19.0 Å². The average Bonchev–Trinajstić information content (AvgIpc) is 2.77. The molecule has 1 fully saturated rings. The van der Waals surface area contributed by atoms with Gasteiger partial charge in [-0.3, -0.25) is 10.1 Å². The molecule has 0 spiro atoms. The van der Waals surface area contributed by atoms with E-state index >= 15 is 0 Å². The van der Waals surface area contributed by atoms with E-state index in [1.807, 2.05) is 24.3 Å². The molecule has 2 unspecified atom stereocenters. The summed E-state index contributed by atoms with van der Waals surface area (Å²) in [5, 5.41) is 3.16. The van der Waals surface area contributed by atoms with Gasteiger partial charge in [0.05, 0.1) is 7.11 Å². The van der Waals surface area contributed by atoms with Crippen molar-refractivity contribution in [2.45, 2.75) is 25.7 Å². The summed E-state index contributed by atoms with van der Waals surface area (Å²) in [5.41, 5.74) is 0. The van der Waals surface area contributed by atoms with Crippen molar-refractivity contribution in [3.63, 3.8) is 0 Å². The Bertz CT molecular complexity index is 404. The van der Waals surface area contributed by atoms with Crippen LogP contribution in [-0.2, 0) is 9.53 Å². The Labute approximate surface area is 106 Å². The van der Waals surface area contributed by atoms with Gasteiger partial charge >= 0.3 is 5.97 Å². The minimum absolute atomic E-state index is 0.232. The lowest BCUT2D eigenvalue weighted by Gasteiger charge is -2.20. The zero-order chi connectivity index (χ0) is 13.0. The number of carbonyl (C=O) groups is 1. The van der Waals surface area contributed by atoms with E-state index in [1.54, 1.807) is 7.11 Å². The molecular formula is C13H17NO4. The number of methoxy groups -OCH3 is 1. The highest BCUT2D eigenvalue weighted by Gasteiger charge is 2.31. The summed E-state index contributed by atoms with van der Waals surface area (Å²) >= 11 is 0. The van der Waals surface area contributed by atoms with Crippen LogP contribution in [0.25, 0.3) is 0 Å². The topological polar surface area (TPSA) is 56.8 Å². The van der Waals surface area contributed by atoms with Crippen LogP contribution in [0, 0.1) is 0 Å². The molecule has 2 rings (SSSR count). The summed E-state index contributed by atoms with van der Waals surface area (Å²) in [5.74, 6) is 1.21. The molecule has 0 amide bonds. The third-order valence-corrected chi connectivity index (χ3v) is 2.75. The lowest BCUT2D eigenvalue weighted by atomic mass is 10.3. The van der Waals surface area contributed by atoms with Crippen LogP contribution in [0.3, 0.4) is 0 Å². The van der Waals surface area contributed by atoms with E-state index in [0.29, 0.717) is 5.75 Å². The van der Waals surface area contributed by atoms with Crippen molar-refractivity contribution in [3.8, 4) is 11.5 Å². The smallest absolute Gasteiger partial charge is 0.303 e. The molecule has 5 heteroatoms. The lowest BCUT2D eigenvalue weighted by Crippen LogP contribution is -2.38. The van der Waals surface area contributed by atoms with Gasteiger partial charge in [0.1, 0.15) is 11.5 Å². The van der Waals surface area contributed by atoms with Crippen LogP contribution in [0.1, 0.15) is 13.3 Å². The molecule has 1 aromatic carbocycles. The minimum Gasteiger partial charge on any atom is -0.497 e. The molecule has 5 nitrogen and oxygen atoms in total. The number of ether oxygens (including phenoxy) is 3. The van der Waals surface area contributed by atoms with Crippen LogP contribution >= 0.6 is 0 Å². The first-order valence-corrected chi connectivity index (χ1v) is 5.90. The monoisotopic (exact) mass is 251 g/mol. The van der Waals surface area contributed by atoms with Crippen molar-refractivity contribution in [1.29, 1.82) is 0 Å². The van der Waals surface area contributed by atoms with E-state index in [9.17, 15) is 4.79 Å². The molecule has 0 aliphatic carbocycles. The molecule has 18 heavy (non-hydrogen) atoms. The Hall–Kier alpha value is -1.75. The first kappa shape index (κ1) is 12.7. The first-order valence-electron chi connectivity index (χ1n) is 5.90. The molecule has 1 aliphatic heterocycles. The number of hydrogen-bond donors (Lipinski definition) is 1. The number of nitrogens with one attached hydrogen (secondary N) is 1. The summed E-state index contributed by atoms with van der Waals surface area (Å²) in [6.45, 7) is 2.18. The van der Waals surface area contributed by atoms with Gasteiger partial charge in [-0.1, -0.05) is 0 Å². The van der Waals surface area contributed by atoms with Gasteiger partial charge in [-0.25, -0.2) is 0 Å². The number of hydrogen-bond acceptors (Lipinski definition) is 5. The van der Waals surface area contributed by atoms with Gasteiger partial charge in [0.15, 0.2) is 12.3 Å². The Morgan fingerprint density at radius 3 is 2.56 bits per heavy atom. The molecule has 2 atom stereocenters. The van der Waals surface area contributed by atoms with Crippen molar-refractivity contribution in [3.05, 3.63) is 24.3 Å². The molecule has 0 aromatic heterocycles. The molecular weight excluding hydrogens is 234 g/mol. The fraction of sp³-hybridized carbons (Fsp3) is 0.462. The molecule has 1 saturated heterocycles. The van der Waals surface area contributed by atoms with Crippen molar-refractivity contribution in [2.75, 3.05) is 13.7 Å². The quantitative estimate of drug-likeness (QED) is 0.818. The maximum Gasteiger partial charge on any atom is 0.303 e. The molecule has 0 saturated carbocycles. The maximum atomic E-state index is 11.0. The Balaban J connectivity index is 1.96. The van der Waals surface area contributed by atoms with Gasteiger partial charge in [0.2, 0.25) is 0 Å². The van der Waals surface area contributed by atoms with E-state index in [0.717, 1.165) is 18.7 Å². The van der Waals surface area contributed by atoms with Crippen LogP contribution < -0.4 is 14.8 Å². The average molecular weight is 251 g/mol. The maximum absolute atomic E-state index is 11.0. The summed E-state index contributed by atoms with van der Waals surface area (Å²) in [7, 11) is 1.62. The fourth-order valence-electron chi connectivity index (χ4n) is 1.90. The molecule has 98 valence electrons. The van der Waals surface area contributed by atoms with Gasteiger partial charge in [-0.05, 0) is 24.3 Å². The van der Waals surface area contributed by atoms with Gasteiger partial charge < -0.3 is 14.2 Å². The summed E-state index contributed by atoms with van der Waals surface area (Å²) in [6.07, 6.45) is 0.243. The summed E-state index contributed by atoms with van der Waals surface area (Å²) < 4.78 is 16.0. The third kappa shape index (κ3) is 3.13. The predicted octanol–water partition coefficient (Wildman–Crippen LogP) is 1.33. The highest BCUT2D eigenvalue weighted by molar-refractivity contribution is 5.66.